The molecule has 1 aliphatic rings. The van der Waals surface area contributed by atoms with Gasteiger partial charge in [0.1, 0.15) is 22.6 Å². The number of nitrogens with zero attached hydrogens (tertiary/aromatic N) is 3. The van der Waals surface area contributed by atoms with Crippen molar-refractivity contribution in [3.63, 3.8) is 0 Å². The molecule has 0 spiro atoms. The molecular weight excluding hydrogens is 647 g/mol. The standard InChI is InChI=1S/C37H55FN4O6S/c1-9-23(4)28(19-32(43)30-11-10-16-41(30)6)36(46)42(7)31(22(2)3)20-33(44)35-40-29(21-49-35)34(45)39-27(17-24(5)37(47)48-8)18-25-12-14-26(38)15-13-25/h12-15,21-24,27-28,30-31,33,44H,9-11,16-20H2,1-8H3,(H,39,45)/t23?,24-,27+,28-,30?,31?,33+/m0/s1. The highest BCUT2D eigenvalue weighted by Gasteiger charge is 2.37. The molecule has 3 unspecified atom stereocenters. The van der Waals surface area contributed by atoms with Crippen LogP contribution in [0.4, 0.5) is 4.39 Å². The average Bonchev–Trinajstić information content (AvgIpc) is 3.75. The van der Waals surface area contributed by atoms with E-state index in [1.165, 1.54) is 19.2 Å². The van der Waals surface area contributed by atoms with Crippen molar-refractivity contribution in [2.75, 3.05) is 27.7 Å². The van der Waals surface area contributed by atoms with Gasteiger partial charge in [-0.2, -0.15) is 0 Å². The fourth-order valence-corrected chi connectivity index (χ4v) is 7.54. The summed E-state index contributed by atoms with van der Waals surface area (Å²) in [6, 6.07) is 5.03. The van der Waals surface area contributed by atoms with E-state index in [9.17, 15) is 28.7 Å². The van der Waals surface area contributed by atoms with Crippen LogP contribution >= 0.6 is 11.3 Å². The van der Waals surface area contributed by atoms with Gasteiger partial charge in [-0.05, 0) is 68.8 Å². The van der Waals surface area contributed by atoms with Crippen LogP contribution in [0.3, 0.4) is 0 Å². The lowest BCUT2D eigenvalue weighted by Crippen LogP contribution is -2.47. The zero-order valence-electron chi connectivity index (χ0n) is 30.3. The number of rotatable bonds is 18. The Morgan fingerprint density at radius 3 is 2.39 bits per heavy atom. The van der Waals surface area contributed by atoms with Gasteiger partial charge in [-0.15, -0.1) is 11.3 Å². The van der Waals surface area contributed by atoms with E-state index in [0.29, 0.717) is 17.8 Å². The van der Waals surface area contributed by atoms with Crippen LogP contribution < -0.4 is 5.32 Å². The number of aliphatic hydroxyl groups excluding tert-OH is 1. The molecule has 1 fully saturated rings. The van der Waals surface area contributed by atoms with Crippen molar-refractivity contribution in [1.29, 1.82) is 0 Å². The number of hydrogen-bond donors (Lipinski definition) is 2. The number of benzene rings is 1. The van der Waals surface area contributed by atoms with Gasteiger partial charge in [-0.25, -0.2) is 9.37 Å². The summed E-state index contributed by atoms with van der Waals surface area (Å²) < 4.78 is 18.4. The molecule has 49 heavy (non-hydrogen) atoms. The molecule has 0 bridgehead atoms. The molecule has 2 aromatic rings. The number of thiazole rings is 1. The van der Waals surface area contributed by atoms with E-state index in [2.05, 4.69) is 15.2 Å². The molecule has 7 atom stereocenters. The Kier molecular flexibility index (Phi) is 15.3. The van der Waals surface area contributed by atoms with E-state index in [1.807, 2.05) is 34.7 Å². The summed E-state index contributed by atoms with van der Waals surface area (Å²) >= 11 is 1.16. The molecule has 10 nitrogen and oxygen atoms in total. The Morgan fingerprint density at radius 1 is 1.14 bits per heavy atom. The maximum atomic E-state index is 14.0. The lowest BCUT2D eigenvalue weighted by atomic mass is 9.83. The Balaban J connectivity index is 1.71. The summed E-state index contributed by atoms with van der Waals surface area (Å²) in [5.74, 6) is -2.12. The van der Waals surface area contributed by atoms with E-state index in [0.717, 1.165) is 42.7 Å². The number of likely N-dealkylation sites (N-methyl/N-ethyl adjacent to an activating group) is 1. The van der Waals surface area contributed by atoms with Gasteiger partial charge >= 0.3 is 5.97 Å². The minimum atomic E-state index is -1.03. The third kappa shape index (κ3) is 11.1. The zero-order valence-corrected chi connectivity index (χ0v) is 31.1. The number of nitrogens with one attached hydrogen (secondary N) is 1. The lowest BCUT2D eigenvalue weighted by molar-refractivity contribution is -0.145. The first-order chi connectivity index (χ1) is 23.2. The Hall–Kier alpha value is -3.22. The average molecular weight is 703 g/mol. The van der Waals surface area contributed by atoms with Crippen molar-refractivity contribution in [3.05, 3.63) is 51.7 Å². The summed E-state index contributed by atoms with van der Waals surface area (Å²) in [6.07, 6.45) is 2.62. The predicted molar refractivity (Wildman–Crippen MR) is 188 cm³/mol. The number of aromatic nitrogens is 1. The summed E-state index contributed by atoms with van der Waals surface area (Å²) in [6.45, 7) is 10.6. The van der Waals surface area contributed by atoms with Gasteiger partial charge in [0.25, 0.3) is 5.91 Å². The maximum Gasteiger partial charge on any atom is 0.308 e. The van der Waals surface area contributed by atoms with Gasteiger partial charge in [-0.3, -0.25) is 24.1 Å². The second kappa shape index (κ2) is 18.7. The van der Waals surface area contributed by atoms with Crippen molar-refractivity contribution < 1.29 is 33.4 Å². The third-order valence-electron chi connectivity index (χ3n) is 10.1. The first kappa shape index (κ1) is 40.2. The van der Waals surface area contributed by atoms with Crippen LogP contribution in [-0.4, -0.2) is 89.3 Å². The molecule has 12 heteroatoms. The van der Waals surface area contributed by atoms with Gasteiger partial charge in [0.15, 0.2) is 5.78 Å². The van der Waals surface area contributed by atoms with Crippen LogP contribution in [0.25, 0.3) is 0 Å². The minimum absolute atomic E-state index is 0.00426. The second-order valence-electron chi connectivity index (χ2n) is 14.0. The summed E-state index contributed by atoms with van der Waals surface area (Å²) in [4.78, 5) is 61.0. The molecule has 2 N–H and O–H groups in total. The number of carbonyl (C=O) groups excluding carboxylic acids is 4. The molecule has 272 valence electrons. The quantitative estimate of drug-likeness (QED) is 0.197. The van der Waals surface area contributed by atoms with Gasteiger partial charge in [0.05, 0.1) is 19.1 Å². The number of hydrogen-bond acceptors (Lipinski definition) is 9. The second-order valence-corrected chi connectivity index (χ2v) is 14.9. The number of ketones is 1. The Morgan fingerprint density at radius 2 is 1.82 bits per heavy atom. The van der Waals surface area contributed by atoms with Crippen molar-refractivity contribution in [3.8, 4) is 0 Å². The van der Waals surface area contributed by atoms with Crippen LogP contribution in [-0.2, 0) is 25.5 Å². The number of ether oxygens (including phenoxy) is 1. The molecule has 0 saturated carbocycles. The summed E-state index contributed by atoms with van der Waals surface area (Å²) in [5, 5.41) is 16.2. The van der Waals surface area contributed by atoms with Crippen LogP contribution in [0, 0.1) is 29.5 Å². The van der Waals surface area contributed by atoms with Gasteiger partial charge in [0, 0.05) is 43.3 Å². The lowest BCUT2D eigenvalue weighted by Gasteiger charge is -2.36. The zero-order chi connectivity index (χ0) is 36.4. The SMILES string of the molecule is CCC(C)[C@H](CC(=O)C1CCCN1C)C(=O)N(C)C(C[C@@H](O)c1nc(C(=O)N[C@@H](Cc2ccc(F)cc2)C[C@H](C)C(=O)OC)cs1)C(C)C. The van der Waals surface area contributed by atoms with Gasteiger partial charge < -0.3 is 20.1 Å². The number of likely N-dealkylation sites (tertiary alicyclic amines) is 1. The largest absolute Gasteiger partial charge is 0.469 e. The Labute approximate surface area is 294 Å². The fourth-order valence-electron chi connectivity index (χ4n) is 6.75. The first-order valence-electron chi connectivity index (χ1n) is 17.4. The number of esters is 1. The molecule has 1 aromatic carbocycles. The van der Waals surface area contributed by atoms with Crippen LogP contribution in [0.5, 0.6) is 0 Å². The maximum absolute atomic E-state index is 14.0. The normalized spacial score (nSPS) is 18.7. The van der Waals surface area contributed by atoms with Crippen LogP contribution in [0.1, 0.15) is 100 Å². The summed E-state index contributed by atoms with van der Waals surface area (Å²) in [7, 11) is 5.02. The van der Waals surface area contributed by atoms with E-state index in [4.69, 9.17) is 4.74 Å². The molecular formula is C37H55FN4O6S. The highest BCUT2D eigenvalue weighted by molar-refractivity contribution is 7.09. The molecule has 2 heterocycles. The molecule has 2 amide bonds. The molecule has 3 rings (SSSR count). The fraction of sp³-hybridized carbons (Fsp3) is 0.649. The molecule has 0 aliphatic carbocycles. The molecule has 1 aromatic heterocycles. The first-order valence-corrected chi connectivity index (χ1v) is 18.3. The molecule has 0 radical (unpaired) electrons. The molecule has 1 saturated heterocycles. The molecule has 1 aliphatic heterocycles. The van der Waals surface area contributed by atoms with Crippen molar-refractivity contribution in [2.24, 2.45) is 23.7 Å². The smallest absolute Gasteiger partial charge is 0.308 e. The number of Topliss-reactive ketones (excluding diaryl/α,β-unsaturated/α-hetero) is 1. The number of carbonyl (C=O) groups is 4. The number of aliphatic hydroxyl groups is 1. The predicted octanol–water partition coefficient (Wildman–Crippen LogP) is 5.44. The monoisotopic (exact) mass is 702 g/mol. The van der Waals surface area contributed by atoms with Crippen molar-refractivity contribution in [1.82, 2.24) is 20.1 Å². The number of halogens is 1. The van der Waals surface area contributed by atoms with E-state index in [1.54, 1.807) is 36.4 Å². The number of methoxy groups -OCH3 is 1. The highest BCUT2D eigenvalue weighted by atomic mass is 32.1. The van der Waals surface area contributed by atoms with Crippen molar-refractivity contribution in [2.45, 2.75) is 104 Å². The highest BCUT2D eigenvalue weighted by Crippen LogP contribution is 2.31. The van der Waals surface area contributed by atoms with Gasteiger partial charge in [-0.1, -0.05) is 53.2 Å². The van der Waals surface area contributed by atoms with E-state index >= 15 is 0 Å². The van der Waals surface area contributed by atoms with Crippen LogP contribution in [0.15, 0.2) is 29.6 Å². The summed E-state index contributed by atoms with van der Waals surface area (Å²) in [5.41, 5.74) is 0.925. The van der Waals surface area contributed by atoms with E-state index in [-0.39, 0.29) is 60.0 Å². The topological polar surface area (TPSA) is 129 Å². The van der Waals surface area contributed by atoms with Crippen molar-refractivity contribution >= 4 is 34.9 Å². The minimum Gasteiger partial charge on any atom is -0.469 e. The third-order valence-corrected chi connectivity index (χ3v) is 11.0. The Bertz CT molecular complexity index is 1400. The van der Waals surface area contributed by atoms with E-state index < -0.39 is 35.9 Å². The number of amides is 2. The van der Waals surface area contributed by atoms with Gasteiger partial charge in [0.2, 0.25) is 5.91 Å². The van der Waals surface area contributed by atoms with Crippen LogP contribution in [0.2, 0.25) is 0 Å².